The molecule has 2 saturated heterocycles. The molecule has 0 radical (unpaired) electrons. The van der Waals surface area contributed by atoms with E-state index in [4.69, 9.17) is 0 Å². The van der Waals surface area contributed by atoms with Crippen molar-refractivity contribution in [3.63, 3.8) is 0 Å². The highest BCUT2D eigenvalue weighted by Gasteiger charge is 2.30. The van der Waals surface area contributed by atoms with Crippen molar-refractivity contribution in [2.24, 2.45) is 10.9 Å². The van der Waals surface area contributed by atoms with Crippen LogP contribution in [0.1, 0.15) is 26.2 Å². The van der Waals surface area contributed by atoms with E-state index in [0.29, 0.717) is 23.8 Å². The van der Waals surface area contributed by atoms with Crippen LogP contribution in [-0.2, 0) is 10.0 Å². The van der Waals surface area contributed by atoms with Gasteiger partial charge < -0.3 is 10.6 Å². The first-order valence-corrected chi connectivity index (χ1v) is 10.7. The third-order valence-electron chi connectivity index (χ3n) is 4.43. The third kappa shape index (κ3) is 6.58. The van der Waals surface area contributed by atoms with Gasteiger partial charge in [-0.3, -0.25) is 4.99 Å². The van der Waals surface area contributed by atoms with Gasteiger partial charge in [-0.05, 0) is 37.9 Å². The lowest BCUT2D eigenvalue weighted by Gasteiger charge is -2.24. The second-order valence-corrected chi connectivity index (χ2v) is 10.1. The Morgan fingerprint density at radius 1 is 1.43 bits per heavy atom. The lowest BCUT2D eigenvalue weighted by Crippen LogP contribution is -2.45. The zero-order chi connectivity index (χ0) is 16.2. The van der Waals surface area contributed by atoms with E-state index in [0.717, 1.165) is 25.5 Å². The van der Waals surface area contributed by atoms with E-state index in [9.17, 15) is 8.42 Å². The maximum atomic E-state index is 11.5. The summed E-state index contributed by atoms with van der Waals surface area (Å²) >= 11 is 2.02. The summed E-state index contributed by atoms with van der Waals surface area (Å²) in [6.07, 6.45) is 4.72. The summed E-state index contributed by atoms with van der Waals surface area (Å²) in [5.41, 5.74) is 0. The van der Waals surface area contributed by atoms with Gasteiger partial charge in [0.15, 0.2) is 5.96 Å². The monoisotopic (exact) mass is 476 g/mol. The van der Waals surface area contributed by atoms with Crippen LogP contribution in [0.3, 0.4) is 0 Å². The number of halogens is 1. The molecule has 0 aromatic heterocycles. The smallest absolute Gasteiger partial charge is 0.211 e. The molecule has 23 heavy (non-hydrogen) atoms. The van der Waals surface area contributed by atoms with Crippen molar-refractivity contribution in [2.45, 2.75) is 30.9 Å². The van der Waals surface area contributed by atoms with Gasteiger partial charge >= 0.3 is 0 Å². The van der Waals surface area contributed by atoms with Crippen LogP contribution >= 0.6 is 35.7 Å². The number of nitrogens with zero attached hydrogens (tertiary/aromatic N) is 2. The van der Waals surface area contributed by atoms with Crippen LogP contribution in [-0.4, -0.2) is 68.7 Å². The maximum absolute atomic E-state index is 11.5. The lowest BCUT2D eigenvalue weighted by atomic mass is 10.1. The standard InChI is InChI=1S/C14H28N4O2S2.HI/c1-14(6-4-8-21-14)11-17-13(15-2)16-9-12-5-7-18(10-12)22(3,19)20;/h12H,4-11H2,1-3H3,(H2,15,16,17);1H. The number of aliphatic imine (C=N–C) groups is 1. The summed E-state index contributed by atoms with van der Waals surface area (Å²) in [4.78, 5) is 4.26. The largest absolute Gasteiger partial charge is 0.356 e. The van der Waals surface area contributed by atoms with E-state index in [-0.39, 0.29) is 24.0 Å². The Morgan fingerprint density at radius 3 is 2.70 bits per heavy atom. The van der Waals surface area contributed by atoms with Gasteiger partial charge in [0.05, 0.1) is 6.26 Å². The van der Waals surface area contributed by atoms with Crippen molar-refractivity contribution in [3.8, 4) is 0 Å². The highest BCUT2D eigenvalue weighted by Crippen LogP contribution is 2.36. The predicted molar refractivity (Wildman–Crippen MR) is 109 cm³/mol. The summed E-state index contributed by atoms with van der Waals surface area (Å²) < 4.78 is 24.9. The van der Waals surface area contributed by atoms with Gasteiger partial charge in [-0.15, -0.1) is 24.0 Å². The first kappa shape index (κ1) is 21.3. The molecule has 0 amide bonds. The van der Waals surface area contributed by atoms with Crippen LogP contribution in [0.25, 0.3) is 0 Å². The van der Waals surface area contributed by atoms with Crippen molar-refractivity contribution < 1.29 is 8.42 Å². The number of sulfonamides is 1. The first-order valence-electron chi connectivity index (χ1n) is 7.86. The Hall–Kier alpha value is 0.260. The Balaban J connectivity index is 0.00000264. The van der Waals surface area contributed by atoms with E-state index >= 15 is 0 Å². The summed E-state index contributed by atoms with van der Waals surface area (Å²) in [5.74, 6) is 2.41. The Kier molecular flexibility index (Phi) is 8.42. The van der Waals surface area contributed by atoms with Crippen LogP contribution < -0.4 is 10.6 Å². The molecule has 2 N–H and O–H groups in total. The SMILES string of the molecule is CN=C(NCC1CCN(S(C)(=O)=O)C1)NCC1(C)CCCS1.I. The summed E-state index contributed by atoms with van der Waals surface area (Å²) in [5, 5.41) is 6.74. The van der Waals surface area contributed by atoms with Crippen molar-refractivity contribution in [1.29, 1.82) is 0 Å². The zero-order valence-electron chi connectivity index (χ0n) is 14.2. The maximum Gasteiger partial charge on any atom is 0.211 e. The highest BCUT2D eigenvalue weighted by atomic mass is 127. The second-order valence-electron chi connectivity index (χ2n) is 6.48. The lowest BCUT2D eigenvalue weighted by molar-refractivity contribution is 0.458. The van der Waals surface area contributed by atoms with Crippen LogP contribution in [0, 0.1) is 5.92 Å². The Labute approximate surface area is 161 Å². The minimum absolute atomic E-state index is 0. The van der Waals surface area contributed by atoms with Gasteiger partial charge in [-0.25, -0.2) is 12.7 Å². The normalized spacial score (nSPS) is 29.3. The summed E-state index contributed by atoms with van der Waals surface area (Å²) in [6.45, 7) is 5.21. The Bertz CT molecular complexity index is 507. The molecule has 136 valence electrons. The first-order chi connectivity index (χ1) is 10.3. The quantitative estimate of drug-likeness (QED) is 0.356. The van der Waals surface area contributed by atoms with Gasteiger partial charge in [0.2, 0.25) is 10.0 Å². The average Bonchev–Trinajstić information content (AvgIpc) is 3.08. The van der Waals surface area contributed by atoms with Gasteiger partial charge in [0.25, 0.3) is 0 Å². The molecule has 2 fully saturated rings. The molecule has 2 rings (SSSR count). The van der Waals surface area contributed by atoms with Crippen LogP contribution in [0.4, 0.5) is 0 Å². The van der Waals surface area contributed by atoms with Gasteiger partial charge in [-0.1, -0.05) is 0 Å². The number of rotatable bonds is 5. The molecule has 6 nitrogen and oxygen atoms in total. The molecule has 0 spiro atoms. The van der Waals surface area contributed by atoms with Crippen molar-refractivity contribution >= 4 is 51.7 Å². The molecule has 0 aromatic carbocycles. The number of hydrogen-bond donors (Lipinski definition) is 2. The average molecular weight is 476 g/mol. The van der Waals surface area contributed by atoms with Crippen molar-refractivity contribution in [2.75, 3.05) is 45.2 Å². The van der Waals surface area contributed by atoms with Crippen LogP contribution in [0.15, 0.2) is 4.99 Å². The molecular weight excluding hydrogens is 447 g/mol. The molecule has 2 atom stereocenters. The molecule has 0 saturated carbocycles. The molecule has 2 aliphatic heterocycles. The van der Waals surface area contributed by atoms with E-state index in [2.05, 4.69) is 22.5 Å². The topological polar surface area (TPSA) is 73.8 Å². The second kappa shape index (κ2) is 9.10. The molecular formula is C14H29IN4O2S2. The number of guanidine groups is 1. The molecule has 0 aliphatic carbocycles. The van der Waals surface area contributed by atoms with Crippen LogP contribution in [0.5, 0.6) is 0 Å². The number of hydrogen-bond acceptors (Lipinski definition) is 4. The Morgan fingerprint density at radius 2 is 2.17 bits per heavy atom. The minimum Gasteiger partial charge on any atom is -0.356 e. The van der Waals surface area contributed by atoms with Gasteiger partial charge in [0, 0.05) is 38.0 Å². The number of thioether (sulfide) groups is 1. The summed E-state index contributed by atoms with van der Waals surface area (Å²) in [7, 11) is -1.28. The van der Waals surface area contributed by atoms with Gasteiger partial charge in [0.1, 0.15) is 0 Å². The molecule has 0 bridgehead atoms. The van der Waals surface area contributed by atoms with E-state index in [1.807, 2.05) is 11.8 Å². The number of nitrogens with one attached hydrogen (secondary N) is 2. The zero-order valence-corrected chi connectivity index (χ0v) is 18.1. The molecule has 0 aromatic rings. The molecule has 2 aliphatic rings. The molecule has 2 heterocycles. The molecule has 2 unspecified atom stereocenters. The highest BCUT2D eigenvalue weighted by molar-refractivity contribution is 14.0. The van der Waals surface area contributed by atoms with Crippen LogP contribution in [0.2, 0.25) is 0 Å². The minimum atomic E-state index is -3.05. The van der Waals surface area contributed by atoms with Crippen molar-refractivity contribution in [3.05, 3.63) is 0 Å². The fraction of sp³-hybridized carbons (Fsp3) is 0.929. The van der Waals surface area contributed by atoms with E-state index < -0.39 is 10.0 Å². The van der Waals surface area contributed by atoms with E-state index in [1.165, 1.54) is 24.9 Å². The van der Waals surface area contributed by atoms with Gasteiger partial charge in [-0.2, -0.15) is 11.8 Å². The molecule has 9 heteroatoms. The van der Waals surface area contributed by atoms with E-state index in [1.54, 1.807) is 11.4 Å². The fourth-order valence-electron chi connectivity index (χ4n) is 2.97. The fourth-order valence-corrected chi connectivity index (χ4v) is 5.14. The summed E-state index contributed by atoms with van der Waals surface area (Å²) in [6, 6.07) is 0. The predicted octanol–water partition coefficient (Wildman–Crippen LogP) is 1.34. The third-order valence-corrected chi connectivity index (χ3v) is 7.24. The van der Waals surface area contributed by atoms with Crippen molar-refractivity contribution in [1.82, 2.24) is 14.9 Å².